The highest BCUT2D eigenvalue weighted by molar-refractivity contribution is 6.36. The largest absolute Gasteiger partial charge is 0.437 e. The van der Waals surface area contributed by atoms with Crippen molar-refractivity contribution >= 4 is 29.0 Å². The summed E-state index contributed by atoms with van der Waals surface area (Å²) < 4.78 is 5.63. The molecule has 0 spiro atoms. The number of benzene rings is 1. The number of aliphatic hydroxyl groups excluding tert-OH is 1. The minimum atomic E-state index is -0.00913. The number of nitrogens with zero attached hydrogens (tertiary/aromatic N) is 1. The summed E-state index contributed by atoms with van der Waals surface area (Å²) in [6.07, 6.45) is 0. The molecule has 0 radical (unpaired) electrons. The Hall–Kier alpha value is -1.49. The van der Waals surface area contributed by atoms with Gasteiger partial charge in [-0.3, -0.25) is 0 Å². The van der Waals surface area contributed by atoms with E-state index in [0.29, 0.717) is 28.2 Å². The lowest BCUT2D eigenvalue weighted by molar-refractivity contribution is 0.281. The van der Waals surface area contributed by atoms with Gasteiger partial charge < -0.3 is 15.2 Å². The molecular weight excluding hydrogens is 299 g/mol. The lowest BCUT2D eigenvalue weighted by atomic mass is 10.2. The molecule has 0 aliphatic rings. The van der Waals surface area contributed by atoms with Gasteiger partial charge in [-0.2, -0.15) is 4.98 Å². The van der Waals surface area contributed by atoms with Gasteiger partial charge >= 0.3 is 0 Å². The third-order valence-corrected chi connectivity index (χ3v) is 3.12. The second-order valence-electron chi connectivity index (χ2n) is 4.04. The first-order valence-electron chi connectivity index (χ1n) is 6.11. The topological polar surface area (TPSA) is 54.4 Å². The average molecular weight is 313 g/mol. The maximum absolute atomic E-state index is 8.99. The van der Waals surface area contributed by atoms with Gasteiger partial charge in [-0.25, -0.2) is 0 Å². The first-order chi connectivity index (χ1) is 9.63. The number of pyridine rings is 1. The monoisotopic (exact) mass is 312 g/mol. The SMILES string of the molecule is CCNc1nc(Oc2ccc(CO)cc2)c(Cl)cc1Cl. The molecule has 2 aromatic rings. The summed E-state index contributed by atoms with van der Waals surface area (Å²) in [5.41, 5.74) is 0.806. The maximum Gasteiger partial charge on any atom is 0.240 e. The highest BCUT2D eigenvalue weighted by atomic mass is 35.5. The highest BCUT2D eigenvalue weighted by Gasteiger charge is 2.11. The lowest BCUT2D eigenvalue weighted by Crippen LogP contribution is -2.01. The molecule has 1 heterocycles. The Bertz CT molecular complexity index is 588. The van der Waals surface area contributed by atoms with E-state index in [1.807, 2.05) is 6.92 Å². The zero-order chi connectivity index (χ0) is 14.5. The third kappa shape index (κ3) is 3.54. The van der Waals surface area contributed by atoms with Crippen LogP contribution in [0, 0.1) is 0 Å². The summed E-state index contributed by atoms with van der Waals surface area (Å²) in [6, 6.07) is 8.61. The van der Waals surface area contributed by atoms with Crippen LogP contribution in [-0.4, -0.2) is 16.6 Å². The normalized spacial score (nSPS) is 10.4. The molecule has 4 nitrogen and oxygen atoms in total. The summed E-state index contributed by atoms with van der Waals surface area (Å²) in [5, 5.41) is 12.8. The lowest BCUT2D eigenvalue weighted by Gasteiger charge is -2.11. The Morgan fingerprint density at radius 1 is 1.20 bits per heavy atom. The summed E-state index contributed by atoms with van der Waals surface area (Å²) in [4.78, 5) is 4.25. The number of hydrogen-bond acceptors (Lipinski definition) is 4. The number of rotatable bonds is 5. The molecule has 0 saturated carbocycles. The van der Waals surface area contributed by atoms with Crippen LogP contribution in [0.15, 0.2) is 30.3 Å². The van der Waals surface area contributed by atoms with Crippen LogP contribution in [-0.2, 0) is 6.61 Å². The van der Waals surface area contributed by atoms with E-state index < -0.39 is 0 Å². The smallest absolute Gasteiger partial charge is 0.240 e. The number of nitrogens with one attached hydrogen (secondary N) is 1. The molecule has 0 atom stereocenters. The van der Waals surface area contributed by atoms with Crippen molar-refractivity contribution in [1.29, 1.82) is 0 Å². The van der Waals surface area contributed by atoms with Crippen molar-refractivity contribution in [2.75, 3.05) is 11.9 Å². The van der Waals surface area contributed by atoms with Crippen molar-refractivity contribution in [2.24, 2.45) is 0 Å². The van der Waals surface area contributed by atoms with Crippen LogP contribution in [0.4, 0.5) is 5.82 Å². The molecule has 0 bridgehead atoms. The number of aromatic nitrogens is 1. The van der Waals surface area contributed by atoms with E-state index >= 15 is 0 Å². The first-order valence-corrected chi connectivity index (χ1v) is 6.87. The predicted octanol–water partition coefficient (Wildman–Crippen LogP) is 4.10. The molecular formula is C14H14Cl2N2O2. The second-order valence-corrected chi connectivity index (χ2v) is 4.85. The first kappa shape index (κ1) is 14.9. The van der Waals surface area contributed by atoms with Crippen molar-refractivity contribution in [2.45, 2.75) is 13.5 Å². The predicted molar refractivity (Wildman–Crippen MR) is 80.9 cm³/mol. The minimum Gasteiger partial charge on any atom is -0.437 e. The van der Waals surface area contributed by atoms with Crippen molar-refractivity contribution < 1.29 is 9.84 Å². The zero-order valence-corrected chi connectivity index (χ0v) is 12.4. The highest BCUT2D eigenvalue weighted by Crippen LogP contribution is 2.33. The number of aliphatic hydroxyl groups is 1. The fourth-order valence-electron chi connectivity index (χ4n) is 1.59. The molecule has 1 aromatic carbocycles. The van der Waals surface area contributed by atoms with Crippen LogP contribution >= 0.6 is 23.2 Å². The van der Waals surface area contributed by atoms with Gasteiger partial charge in [-0.1, -0.05) is 35.3 Å². The van der Waals surface area contributed by atoms with Gasteiger partial charge in [0.25, 0.3) is 0 Å². The fraction of sp³-hybridized carbons (Fsp3) is 0.214. The van der Waals surface area contributed by atoms with Crippen molar-refractivity contribution in [1.82, 2.24) is 4.98 Å². The van der Waals surface area contributed by atoms with Gasteiger partial charge in [0.05, 0.1) is 11.6 Å². The third-order valence-electron chi connectivity index (χ3n) is 2.56. The molecule has 0 aliphatic carbocycles. The van der Waals surface area contributed by atoms with Gasteiger partial charge in [0.15, 0.2) is 0 Å². The van der Waals surface area contributed by atoms with Crippen LogP contribution in [0.3, 0.4) is 0 Å². The Morgan fingerprint density at radius 2 is 1.90 bits per heavy atom. The van der Waals surface area contributed by atoms with E-state index in [0.717, 1.165) is 5.56 Å². The van der Waals surface area contributed by atoms with Crippen molar-refractivity contribution in [3.05, 3.63) is 45.9 Å². The number of hydrogen-bond donors (Lipinski definition) is 2. The number of ether oxygens (including phenoxy) is 1. The number of halogens is 2. The van der Waals surface area contributed by atoms with Crippen LogP contribution in [0.25, 0.3) is 0 Å². The van der Waals surface area contributed by atoms with E-state index in [1.54, 1.807) is 30.3 Å². The van der Waals surface area contributed by atoms with Crippen LogP contribution < -0.4 is 10.1 Å². The summed E-state index contributed by atoms with van der Waals surface area (Å²) in [6.45, 7) is 2.63. The quantitative estimate of drug-likeness (QED) is 0.872. The molecule has 0 aliphatic heterocycles. The number of anilines is 1. The Labute approximate surface area is 127 Å². The molecule has 0 fully saturated rings. The Kier molecular flexibility index (Phi) is 5.06. The van der Waals surface area contributed by atoms with Crippen LogP contribution in [0.1, 0.15) is 12.5 Å². The molecule has 0 unspecified atom stereocenters. The van der Waals surface area contributed by atoms with Gasteiger partial charge in [0.1, 0.15) is 16.6 Å². The standard InChI is InChI=1S/C14H14Cl2N2O2/c1-2-17-13-11(15)7-12(16)14(18-13)20-10-5-3-9(8-19)4-6-10/h3-7,19H,2,8H2,1H3,(H,17,18). The van der Waals surface area contributed by atoms with E-state index in [4.69, 9.17) is 33.0 Å². The van der Waals surface area contributed by atoms with Gasteiger partial charge in [0, 0.05) is 6.54 Å². The molecule has 1 aromatic heterocycles. The van der Waals surface area contributed by atoms with Gasteiger partial charge in [-0.05, 0) is 30.7 Å². The molecule has 2 rings (SSSR count). The van der Waals surface area contributed by atoms with E-state index in [9.17, 15) is 0 Å². The summed E-state index contributed by atoms with van der Waals surface area (Å²) in [7, 11) is 0. The fourth-order valence-corrected chi connectivity index (χ4v) is 2.05. The zero-order valence-electron chi connectivity index (χ0n) is 10.9. The molecule has 6 heteroatoms. The molecule has 2 N–H and O–H groups in total. The summed E-state index contributed by atoms with van der Waals surface area (Å²) >= 11 is 12.1. The Balaban J connectivity index is 2.25. The molecule has 20 heavy (non-hydrogen) atoms. The van der Waals surface area contributed by atoms with E-state index in [2.05, 4.69) is 10.3 Å². The second kappa shape index (κ2) is 6.79. The van der Waals surface area contributed by atoms with Gasteiger partial charge in [-0.15, -0.1) is 0 Å². The van der Waals surface area contributed by atoms with Gasteiger partial charge in [0.2, 0.25) is 5.88 Å². The summed E-state index contributed by atoms with van der Waals surface area (Å²) in [5.74, 6) is 1.39. The molecule has 0 saturated heterocycles. The van der Waals surface area contributed by atoms with Crippen molar-refractivity contribution in [3.8, 4) is 11.6 Å². The van der Waals surface area contributed by atoms with Crippen LogP contribution in [0.5, 0.6) is 11.6 Å². The van der Waals surface area contributed by atoms with E-state index in [-0.39, 0.29) is 12.5 Å². The Morgan fingerprint density at radius 3 is 2.50 bits per heavy atom. The van der Waals surface area contributed by atoms with E-state index in [1.165, 1.54) is 0 Å². The minimum absolute atomic E-state index is 0.00913. The maximum atomic E-state index is 8.99. The van der Waals surface area contributed by atoms with Crippen molar-refractivity contribution in [3.63, 3.8) is 0 Å². The molecule has 106 valence electrons. The molecule has 0 amide bonds. The average Bonchev–Trinajstić information content (AvgIpc) is 2.45. The van der Waals surface area contributed by atoms with Crippen LogP contribution in [0.2, 0.25) is 10.0 Å².